The summed E-state index contributed by atoms with van der Waals surface area (Å²) in [7, 11) is 0. The number of hydrogen-bond acceptors (Lipinski definition) is 3. The summed E-state index contributed by atoms with van der Waals surface area (Å²) in [5.74, 6) is 1.22. The largest absolute Gasteiger partial charge is 0.352 e. The van der Waals surface area contributed by atoms with Gasteiger partial charge < -0.3 is 5.32 Å². The van der Waals surface area contributed by atoms with E-state index in [1.807, 2.05) is 6.92 Å². The van der Waals surface area contributed by atoms with Crippen molar-refractivity contribution in [3.05, 3.63) is 17.5 Å². The highest BCUT2D eigenvalue weighted by molar-refractivity contribution is 5.30. The van der Waals surface area contributed by atoms with Crippen LogP contribution in [0, 0.1) is 6.92 Å². The molecule has 1 aromatic rings. The predicted octanol–water partition coefficient (Wildman–Crippen LogP) is 3.51. The minimum absolute atomic E-state index is 0.448. The Kier molecular flexibility index (Phi) is 4.71. The van der Waals surface area contributed by atoms with Gasteiger partial charge in [-0.3, -0.25) is 0 Å². The van der Waals surface area contributed by atoms with Gasteiger partial charge in [0.25, 0.3) is 0 Å². The van der Waals surface area contributed by atoms with Crippen molar-refractivity contribution in [2.75, 3.05) is 5.32 Å². The summed E-state index contributed by atoms with van der Waals surface area (Å²) >= 11 is 0. The van der Waals surface area contributed by atoms with E-state index < -0.39 is 0 Å². The quantitative estimate of drug-likeness (QED) is 0.826. The van der Waals surface area contributed by atoms with Crippen molar-refractivity contribution in [3.8, 4) is 0 Å². The van der Waals surface area contributed by atoms with Crippen LogP contribution in [-0.2, 0) is 0 Å². The second-order valence-corrected chi connectivity index (χ2v) is 4.57. The molecule has 0 fully saturated rings. The standard InChI is InChI=1S/C13H23N3/c1-6-11(7-2)15-13-14-10(5)8-12(16-13)9(3)4/h8-9,11H,6-7H2,1-5H3,(H,14,15,16). The Morgan fingerprint density at radius 2 is 1.81 bits per heavy atom. The fourth-order valence-electron chi connectivity index (χ4n) is 1.63. The lowest BCUT2D eigenvalue weighted by molar-refractivity contribution is 0.661. The number of anilines is 1. The molecule has 0 unspecified atom stereocenters. The van der Waals surface area contributed by atoms with Crippen molar-refractivity contribution in [2.24, 2.45) is 0 Å². The molecule has 0 spiro atoms. The first-order valence-electron chi connectivity index (χ1n) is 6.18. The van der Waals surface area contributed by atoms with E-state index in [0.717, 1.165) is 30.2 Å². The van der Waals surface area contributed by atoms with Gasteiger partial charge >= 0.3 is 0 Å². The minimum atomic E-state index is 0.448. The molecule has 0 aromatic carbocycles. The molecular weight excluding hydrogens is 198 g/mol. The van der Waals surface area contributed by atoms with Gasteiger partial charge in [0.05, 0.1) is 0 Å². The number of nitrogens with one attached hydrogen (secondary N) is 1. The predicted molar refractivity (Wildman–Crippen MR) is 68.9 cm³/mol. The summed E-state index contributed by atoms with van der Waals surface area (Å²) in [5.41, 5.74) is 2.15. The average molecular weight is 221 g/mol. The van der Waals surface area contributed by atoms with Gasteiger partial charge in [0.2, 0.25) is 5.95 Å². The molecule has 3 heteroatoms. The highest BCUT2D eigenvalue weighted by Crippen LogP contribution is 2.15. The molecule has 0 atom stereocenters. The summed E-state index contributed by atoms with van der Waals surface area (Å²) in [6, 6.07) is 2.53. The number of nitrogens with zero attached hydrogens (tertiary/aromatic N) is 2. The Morgan fingerprint density at radius 3 is 2.31 bits per heavy atom. The van der Waals surface area contributed by atoms with Crippen LogP contribution in [0.2, 0.25) is 0 Å². The Hall–Kier alpha value is -1.12. The van der Waals surface area contributed by atoms with Gasteiger partial charge in [0, 0.05) is 17.4 Å². The maximum absolute atomic E-state index is 4.55. The van der Waals surface area contributed by atoms with Crippen molar-refractivity contribution in [1.29, 1.82) is 0 Å². The third-order valence-corrected chi connectivity index (χ3v) is 2.78. The van der Waals surface area contributed by atoms with E-state index in [9.17, 15) is 0 Å². The van der Waals surface area contributed by atoms with Crippen LogP contribution in [0.1, 0.15) is 57.8 Å². The van der Waals surface area contributed by atoms with Crippen molar-refractivity contribution < 1.29 is 0 Å². The van der Waals surface area contributed by atoms with E-state index in [-0.39, 0.29) is 0 Å². The Balaban J connectivity index is 2.87. The van der Waals surface area contributed by atoms with E-state index in [1.54, 1.807) is 0 Å². The van der Waals surface area contributed by atoms with Gasteiger partial charge in [0.15, 0.2) is 0 Å². The number of aromatic nitrogens is 2. The van der Waals surface area contributed by atoms with Crippen LogP contribution in [0.4, 0.5) is 5.95 Å². The molecule has 0 aliphatic heterocycles. The third kappa shape index (κ3) is 3.47. The Labute approximate surface area is 98.7 Å². The minimum Gasteiger partial charge on any atom is -0.352 e. The molecule has 90 valence electrons. The lowest BCUT2D eigenvalue weighted by Gasteiger charge is -2.16. The van der Waals surface area contributed by atoms with Crippen LogP contribution >= 0.6 is 0 Å². The summed E-state index contributed by atoms with van der Waals surface area (Å²) < 4.78 is 0. The lowest BCUT2D eigenvalue weighted by Crippen LogP contribution is -2.19. The van der Waals surface area contributed by atoms with Crippen molar-refractivity contribution in [3.63, 3.8) is 0 Å². The summed E-state index contributed by atoms with van der Waals surface area (Å²) in [4.78, 5) is 8.98. The first-order chi connectivity index (χ1) is 7.56. The monoisotopic (exact) mass is 221 g/mol. The molecule has 0 saturated carbocycles. The summed E-state index contributed by atoms with van der Waals surface area (Å²) in [5, 5.41) is 3.39. The molecule has 0 bridgehead atoms. The van der Waals surface area contributed by atoms with Gasteiger partial charge in [-0.25, -0.2) is 9.97 Å². The zero-order chi connectivity index (χ0) is 12.1. The molecule has 1 heterocycles. The van der Waals surface area contributed by atoms with E-state index in [4.69, 9.17) is 0 Å². The maximum atomic E-state index is 4.55. The molecule has 1 N–H and O–H groups in total. The topological polar surface area (TPSA) is 37.8 Å². The molecule has 1 aromatic heterocycles. The smallest absolute Gasteiger partial charge is 0.223 e. The molecule has 16 heavy (non-hydrogen) atoms. The number of rotatable bonds is 5. The van der Waals surface area contributed by atoms with Gasteiger partial charge in [-0.2, -0.15) is 0 Å². The molecule has 0 aliphatic rings. The zero-order valence-corrected chi connectivity index (χ0v) is 11.0. The Bertz CT molecular complexity index is 330. The summed E-state index contributed by atoms with van der Waals surface area (Å²) in [6.07, 6.45) is 2.20. The first kappa shape index (κ1) is 12.9. The van der Waals surface area contributed by atoms with Gasteiger partial charge in [-0.1, -0.05) is 27.7 Å². The summed E-state index contributed by atoms with van der Waals surface area (Å²) in [6.45, 7) is 10.7. The first-order valence-corrected chi connectivity index (χ1v) is 6.18. The number of hydrogen-bond donors (Lipinski definition) is 1. The second-order valence-electron chi connectivity index (χ2n) is 4.57. The van der Waals surface area contributed by atoms with Crippen molar-refractivity contribution in [2.45, 2.75) is 59.4 Å². The van der Waals surface area contributed by atoms with E-state index in [0.29, 0.717) is 12.0 Å². The third-order valence-electron chi connectivity index (χ3n) is 2.78. The maximum Gasteiger partial charge on any atom is 0.223 e. The normalized spacial score (nSPS) is 11.2. The van der Waals surface area contributed by atoms with Crippen LogP contribution in [0.5, 0.6) is 0 Å². The van der Waals surface area contributed by atoms with E-state index >= 15 is 0 Å². The molecule has 0 aliphatic carbocycles. The number of aryl methyl sites for hydroxylation is 1. The molecule has 1 rings (SSSR count). The molecule has 0 amide bonds. The second kappa shape index (κ2) is 5.83. The van der Waals surface area contributed by atoms with Crippen LogP contribution < -0.4 is 5.32 Å². The van der Waals surface area contributed by atoms with Crippen molar-refractivity contribution in [1.82, 2.24) is 9.97 Å². The Morgan fingerprint density at radius 1 is 1.19 bits per heavy atom. The van der Waals surface area contributed by atoms with Crippen molar-refractivity contribution >= 4 is 5.95 Å². The molecular formula is C13H23N3. The highest BCUT2D eigenvalue weighted by atomic mass is 15.1. The average Bonchev–Trinajstić information content (AvgIpc) is 2.25. The van der Waals surface area contributed by atoms with Crippen LogP contribution in [0.25, 0.3) is 0 Å². The molecule has 0 saturated heterocycles. The van der Waals surface area contributed by atoms with Crippen LogP contribution in [0.15, 0.2) is 6.07 Å². The van der Waals surface area contributed by atoms with Crippen LogP contribution in [-0.4, -0.2) is 16.0 Å². The van der Waals surface area contributed by atoms with Gasteiger partial charge in [-0.05, 0) is 31.7 Å². The lowest BCUT2D eigenvalue weighted by atomic mass is 10.1. The fraction of sp³-hybridized carbons (Fsp3) is 0.692. The van der Waals surface area contributed by atoms with Gasteiger partial charge in [-0.15, -0.1) is 0 Å². The van der Waals surface area contributed by atoms with E-state index in [1.165, 1.54) is 0 Å². The fourth-order valence-corrected chi connectivity index (χ4v) is 1.63. The zero-order valence-electron chi connectivity index (χ0n) is 11.0. The molecule has 0 radical (unpaired) electrons. The molecule has 3 nitrogen and oxygen atoms in total. The van der Waals surface area contributed by atoms with Gasteiger partial charge in [0.1, 0.15) is 0 Å². The highest BCUT2D eigenvalue weighted by Gasteiger charge is 2.08. The van der Waals surface area contributed by atoms with Crippen LogP contribution in [0.3, 0.4) is 0 Å². The SMILES string of the molecule is CCC(CC)Nc1nc(C)cc(C(C)C)n1. The van der Waals surface area contributed by atoms with E-state index in [2.05, 4.69) is 49.0 Å².